The van der Waals surface area contributed by atoms with Crippen molar-refractivity contribution in [3.05, 3.63) is 40.7 Å². The van der Waals surface area contributed by atoms with Crippen molar-refractivity contribution in [3.63, 3.8) is 0 Å². The number of aromatic nitrogens is 2. The van der Waals surface area contributed by atoms with Crippen LogP contribution in [0.5, 0.6) is 11.5 Å². The molecule has 0 saturated carbocycles. The van der Waals surface area contributed by atoms with E-state index in [1.54, 1.807) is 45.4 Å². The molecule has 1 atom stereocenters. The molecule has 0 aliphatic carbocycles. The van der Waals surface area contributed by atoms with Crippen LogP contribution in [-0.2, 0) is 9.53 Å². The first-order valence-corrected chi connectivity index (χ1v) is 6.92. The topological polar surface area (TPSA) is 79.7 Å². The number of esters is 1. The van der Waals surface area contributed by atoms with Gasteiger partial charge in [-0.1, -0.05) is 0 Å². The van der Waals surface area contributed by atoms with Crippen molar-refractivity contribution >= 4 is 5.97 Å². The van der Waals surface area contributed by atoms with Crippen molar-refractivity contribution in [2.24, 2.45) is 0 Å². The highest BCUT2D eigenvalue weighted by Gasteiger charge is 2.19. The summed E-state index contributed by atoms with van der Waals surface area (Å²) in [7, 11) is 4.36. The van der Waals surface area contributed by atoms with E-state index in [4.69, 9.17) is 9.47 Å². The third-order valence-electron chi connectivity index (χ3n) is 3.42. The molecule has 0 fully saturated rings. The molecule has 0 saturated heterocycles. The Kier molecular flexibility index (Phi) is 5.00. The maximum Gasteiger partial charge on any atom is 0.330 e. The Hall–Kier alpha value is -2.83. The standard InChI is InChI=1S/C16H18N2O5/c1-10(16(20)23-4)18-15(19)8-6-13(17-18)12-9-11(21-2)5-7-14(12)22-3/h5-10H,1-4H3. The van der Waals surface area contributed by atoms with Crippen molar-refractivity contribution in [2.75, 3.05) is 21.3 Å². The van der Waals surface area contributed by atoms with Gasteiger partial charge in [-0.3, -0.25) is 4.79 Å². The second-order valence-electron chi connectivity index (χ2n) is 4.77. The molecule has 1 unspecified atom stereocenters. The maximum atomic E-state index is 12.0. The van der Waals surface area contributed by atoms with Gasteiger partial charge in [0.1, 0.15) is 11.5 Å². The number of rotatable bonds is 5. The molecule has 0 bridgehead atoms. The van der Waals surface area contributed by atoms with Crippen molar-refractivity contribution in [3.8, 4) is 22.8 Å². The molecule has 7 heteroatoms. The SMILES string of the molecule is COC(=O)C(C)n1nc(-c2cc(OC)ccc2OC)ccc1=O. The molecule has 0 radical (unpaired) electrons. The van der Waals surface area contributed by atoms with Gasteiger partial charge in [-0.2, -0.15) is 5.10 Å². The van der Waals surface area contributed by atoms with Crippen LogP contribution in [0.2, 0.25) is 0 Å². The fourth-order valence-electron chi connectivity index (χ4n) is 2.13. The summed E-state index contributed by atoms with van der Waals surface area (Å²) in [6.45, 7) is 1.55. The lowest BCUT2D eigenvalue weighted by molar-refractivity contribution is -0.144. The first-order valence-electron chi connectivity index (χ1n) is 6.92. The van der Waals surface area contributed by atoms with Crippen LogP contribution in [0, 0.1) is 0 Å². The van der Waals surface area contributed by atoms with E-state index in [9.17, 15) is 9.59 Å². The lowest BCUT2D eigenvalue weighted by atomic mass is 10.1. The van der Waals surface area contributed by atoms with Gasteiger partial charge in [-0.15, -0.1) is 0 Å². The first-order chi connectivity index (χ1) is 11.0. The van der Waals surface area contributed by atoms with Gasteiger partial charge in [-0.25, -0.2) is 9.48 Å². The molecule has 0 aliphatic rings. The maximum absolute atomic E-state index is 12.0. The van der Waals surface area contributed by atoms with Gasteiger partial charge in [0.05, 0.1) is 27.0 Å². The normalized spacial score (nSPS) is 11.7. The number of carbonyl (C=O) groups is 1. The minimum absolute atomic E-state index is 0.395. The van der Waals surface area contributed by atoms with Crippen molar-refractivity contribution < 1.29 is 19.0 Å². The van der Waals surface area contributed by atoms with Gasteiger partial charge in [-0.05, 0) is 31.2 Å². The van der Waals surface area contributed by atoms with E-state index >= 15 is 0 Å². The molecular weight excluding hydrogens is 300 g/mol. The summed E-state index contributed by atoms with van der Waals surface area (Å²) in [6.07, 6.45) is 0. The number of benzene rings is 1. The molecule has 0 aliphatic heterocycles. The Morgan fingerprint density at radius 2 is 1.87 bits per heavy atom. The summed E-state index contributed by atoms with van der Waals surface area (Å²) in [6, 6.07) is 7.34. The Morgan fingerprint density at radius 1 is 1.13 bits per heavy atom. The van der Waals surface area contributed by atoms with Crippen LogP contribution in [0.4, 0.5) is 0 Å². The molecule has 0 spiro atoms. The van der Waals surface area contributed by atoms with Crippen LogP contribution < -0.4 is 15.0 Å². The minimum Gasteiger partial charge on any atom is -0.497 e. The van der Waals surface area contributed by atoms with Crippen LogP contribution in [0.3, 0.4) is 0 Å². The third-order valence-corrected chi connectivity index (χ3v) is 3.42. The van der Waals surface area contributed by atoms with Gasteiger partial charge in [0.25, 0.3) is 5.56 Å². The monoisotopic (exact) mass is 318 g/mol. The molecular formula is C16H18N2O5. The Morgan fingerprint density at radius 3 is 2.48 bits per heavy atom. The van der Waals surface area contributed by atoms with E-state index in [1.807, 2.05) is 0 Å². The molecule has 1 heterocycles. The molecule has 23 heavy (non-hydrogen) atoms. The number of hydrogen-bond acceptors (Lipinski definition) is 6. The van der Waals surface area contributed by atoms with Gasteiger partial charge in [0.15, 0.2) is 6.04 Å². The van der Waals surface area contributed by atoms with E-state index in [1.165, 1.54) is 13.2 Å². The van der Waals surface area contributed by atoms with Crippen molar-refractivity contribution in [2.45, 2.75) is 13.0 Å². The highest BCUT2D eigenvalue weighted by atomic mass is 16.5. The van der Waals surface area contributed by atoms with Crippen LogP contribution in [0.15, 0.2) is 35.1 Å². The van der Waals surface area contributed by atoms with Crippen LogP contribution in [0.1, 0.15) is 13.0 Å². The van der Waals surface area contributed by atoms with E-state index < -0.39 is 17.6 Å². The third kappa shape index (κ3) is 3.33. The van der Waals surface area contributed by atoms with Gasteiger partial charge < -0.3 is 14.2 Å². The highest BCUT2D eigenvalue weighted by Crippen LogP contribution is 2.31. The number of methoxy groups -OCH3 is 3. The van der Waals surface area contributed by atoms with Crippen molar-refractivity contribution in [1.29, 1.82) is 0 Å². The van der Waals surface area contributed by atoms with E-state index in [0.717, 1.165) is 4.68 Å². The summed E-state index contributed by atoms with van der Waals surface area (Å²) in [4.78, 5) is 23.6. The molecule has 1 aromatic heterocycles. The minimum atomic E-state index is -0.830. The molecule has 1 aromatic carbocycles. The van der Waals surface area contributed by atoms with Crippen LogP contribution >= 0.6 is 0 Å². The zero-order valence-corrected chi connectivity index (χ0v) is 13.4. The zero-order valence-electron chi connectivity index (χ0n) is 13.4. The number of nitrogens with zero attached hydrogens (tertiary/aromatic N) is 2. The predicted octanol–water partition coefficient (Wildman–Crippen LogP) is 1.66. The Bertz CT molecular complexity index is 769. The smallest absolute Gasteiger partial charge is 0.330 e. The molecule has 2 rings (SSSR count). The molecule has 0 N–H and O–H groups in total. The summed E-state index contributed by atoms with van der Waals surface area (Å²) in [5, 5.41) is 4.26. The Labute approximate surface area is 133 Å². The number of carbonyl (C=O) groups excluding carboxylic acids is 1. The summed E-state index contributed by atoms with van der Waals surface area (Å²) in [5.74, 6) is 0.657. The van der Waals surface area contributed by atoms with E-state index in [-0.39, 0.29) is 0 Å². The van der Waals surface area contributed by atoms with Gasteiger partial charge in [0, 0.05) is 11.6 Å². The molecule has 7 nitrogen and oxygen atoms in total. The average molecular weight is 318 g/mol. The Balaban J connectivity index is 2.57. The average Bonchev–Trinajstić information content (AvgIpc) is 2.60. The van der Waals surface area contributed by atoms with Gasteiger partial charge >= 0.3 is 5.97 Å². The van der Waals surface area contributed by atoms with E-state index in [2.05, 4.69) is 9.84 Å². The fraction of sp³-hybridized carbons (Fsp3) is 0.312. The largest absolute Gasteiger partial charge is 0.497 e. The predicted molar refractivity (Wildman–Crippen MR) is 83.8 cm³/mol. The molecule has 0 amide bonds. The van der Waals surface area contributed by atoms with Gasteiger partial charge in [0.2, 0.25) is 0 Å². The molecule has 2 aromatic rings. The molecule has 122 valence electrons. The van der Waals surface area contributed by atoms with Crippen molar-refractivity contribution in [1.82, 2.24) is 9.78 Å². The second kappa shape index (κ2) is 6.95. The fourth-order valence-corrected chi connectivity index (χ4v) is 2.13. The second-order valence-corrected chi connectivity index (χ2v) is 4.77. The number of ether oxygens (including phenoxy) is 3. The van der Waals surface area contributed by atoms with Crippen LogP contribution in [0.25, 0.3) is 11.3 Å². The summed E-state index contributed by atoms with van der Waals surface area (Å²) < 4.78 is 16.3. The lowest BCUT2D eigenvalue weighted by Gasteiger charge is -2.14. The zero-order chi connectivity index (χ0) is 17.0. The highest BCUT2D eigenvalue weighted by molar-refractivity contribution is 5.73. The lowest BCUT2D eigenvalue weighted by Crippen LogP contribution is -2.30. The first kappa shape index (κ1) is 16.5. The van der Waals surface area contributed by atoms with E-state index in [0.29, 0.717) is 22.8 Å². The summed E-state index contributed by atoms with van der Waals surface area (Å²) >= 11 is 0. The quantitative estimate of drug-likeness (QED) is 0.780. The van der Waals surface area contributed by atoms with Crippen LogP contribution in [-0.4, -0.2) is 37.1 Å². The number of hydrogen-bond donors (Lipinski definition) is 0. The summed E-state index contributed by atoms with van der Waals surface area (Å²) in [5.41, 5.74) is 0.738.